The fourth-order valence-corrected chi connectivity index (χ4v) is 2.74. The highest BCUT2D eigenvalue weighted by Crippen LogP contribution is 2.29. The van der Waals surface area contributed by atoms with Crippen molar-refractivity contribution in [2.45, 2.75) is 24.0 Å². The van der Waals surface area contributed by atoms with Gasteiger partial charge in [-0.2, -0.15) is 0 Å². The summed E-state index contributed by atoms with van der Waals surface area (Å²) in [5.74, 6) is 0.593. The van der Waals surface area contributed by atoms with Crippen LogP contribution in [-0.2, 0) is 12.2 Å². The third kappa shape index (κ3) is 3.83. The van der Waals surface area contributed by atoms with Gasteiger partial charge in [0.25, 0.3) is 0 Å². The molecule has 2 N–H and O–H groups in total. The van der Waals surface area contributed by atoms with Crippen molar-refractivity contribution in [1.82, 2.24) is 0 Å². The second kappa shape index (κ2) is 6.24. The molecule has 0 saturated heterocycles. The summed E-state index contributed by atoms with van der Waals surface area (Å²) in [5, 5.41) is 19.5. The van der Waals surface area contributed by atoms with Crippen LogP contribution in [0.15, 0.2) is 59.5 Å². The average molecular weight is 274 g/mol. The first-order valence-corrected chi connectivity index (χ1v) is 7.21. The normalized spacial score (nSPS) is 14.1. The summed E-state index contributed by atoms with van der Waals surface area (Å²) in [4.78, 5) is 1.09. The molecule has 0 heterocycles. The van der Waals surface area contributed by atoms with E-state index in [0.29, 0.717) is 5.75 Å². The maximum Gasteiger partial charge on any atom is 0.0962 e. The first-order valence-electron chi connectivity index (χ1n) is 6.22. The van der Waals surface area contributed by atoms with Gasteiger partial charge >= 0.3 is 0 Å². The van der Waals surface area contributed by atoms with Gasteiger partial charge in [-0.05, 0) is 30.2 Å². The van der Waals surface area contributed by atoms with Crippen molar-refractivity contribution >= 4 is 11.8 Å². The monoisotopic (exact) mass is 274 g/mol. The Bertz CT molecular complexity index is 506. The van der Waals surface area contributed by atoms with E-state index < -0.39 is 5.60 Å². The molecule has 19 heavy (non-hydrogen) atoms. The number of hydrogen-bond acceptors (Lipinski definition) is 3. The standard InChI is InChI=1S/C16H18O2S/c1-16(18,14-5-3-2-4-6-14)12-19-15-9-7-13(11-17)8-10-15/h2-10,17-18H,11-12H2,1H3. The van der Waals surface area contributed by atoms with Crippen LogP contribution in [0.1, 0.15) is 18.1 Å². The molecule has 0 saturated carbocycles. The van der Waals surface area contributed by atoms with Gasteiger partial charge in [-0.3, -0.25) is 0 Å². The van der Waals surface area contributed by atoms with Gasteiger partial charge in [-0.25, -0.2) is 0 Å². The summed E-state index contributed by atoms with van der Waals surface area (Å²) in [6, 6.07) is 17.4. The second-order valence-corrected chi connectivity index (χ2v) is 5.78. The van der Waals surface area contributed by atoms with Crippen molar-refractivity contribution in [2.24, 2.45) is 0 Å². The van der Waals surface area contributed by atoms with Crippen LogP contribution >= 0.6 is 11.8 Å². The van der Waals surface area contributed by atoms with E-state index in [-0.39, 0.29) is 6.61 Å². The molecule has 1 unspecified atom stereocenters. The molecule has 0 fully saturated rings. The van der Waals surface area contributed by atoms with E-state index in [1.54, 1.807) is 11.8 Å². The first-order chi connectivity index (χ1) is 9.12. The molecular formula is C16H18O2S. The highest BCUT2D eigenvalue weighted by molar-refractivity contribution is 7.99. The highest BCUT2D eigenvalue weighted by Gasteiger charge is 2.22. The largest absolute Gasteiger partial charge is 0.392 e. The lowest BCUT2D eigenvalue weighted by atomic mass is 9.99. The summed E-state index contributed by atoms with van der Waals surface area (Å²) in [6.07, 6.45) is 0. The van der Waals surface area contributed by atoms with Gasteiger partial charge in [0, 0.05) is 10.6 Å². The van der Waals surface area contributed by atoms with Gasteiger partial charge in [0.1, 0.15) is 0 Å². The van der Waals surface area contributed by atoms with E-state index in [4.69, 9.17) is 5.11 Å². The number of rotatable bonds is 5. The molecule has 0 bridgehead atoms. The van der Waals surface area contributed by atoms with Crippen LogP contribution in [0.5, 0.6) is 0 Å². The Kier molecular flexibility index (Phi) is 4.64. The van der Waals surface area contributed by atoms with Crippen molar-refractivity contribution in [3.8, 4) is 0 Å². The van der Waals surface area contributed by atoms with Crippen LogP contribution < -0.4 is 0 Å². The third-order valence-corrected chi connectivity index (χ3v) is 4.33. The lowest BCUT2D eigenvalue weighted by Crippen LogP contribution is -2.24. The van der Waals surface area contributed by atoms with Gasteiger partial charge in [-0.15, -0.1) is 11.8 Å². The Labute approximate surface area is 118 Å². The Morgan fingerprint density at radius 2 is 1.63 bits per heavy atom. The molecule has 100 valence electrons. The fourth-order valence-electron chi connectivity index (χ4n) is 1.80. The minimum Gasteiger partial charge on any atom is -0.392 e. The van der Waals surface area contributed by atoms with Crippen LogP contribution in [0.4, 0.5) is 0 Å². The number of aliphatic hydroxyl groups excluding tert-OH is 1. The van der Waals surface area contributed by atoms with Gasteiger partial charge in [0.2, 0.25) is 0 Å². The summed E-state index contributed by atoms with van der Waals surface area (Å²) >= 11 is 1.61. The Morgan fingerprint density at radius 1 is 1.00 bits per heavy atom. The number of thioether (sulfide) groups is 1. The fraction of sp³-hybridized carbons (Fsp3) is 0.250. The molecule has 0 aliphatic carbocycles. The second-order valence-electron chi connectivity index (χ2n) is 4.73. The van der Waals surface area contributed by atoms with E-state index >= 15 is 0 Å². The number of benzene rings is 2. The van der Waals surface area contributed by atoms with E-state index in [2.05, 4.69) is 0 Å². The SMILES string of the molecule is CC(O)(CSc1ccc(CO)cc1)c1ccccc1. The minimum absolute atomic E-state index is 0.0622. The van der Waals surface area contributed by atoms with E-state index in [1.807, 2.05) is 61.5 Å². The Hall–Kier alpha value is -1.29. The smallest absolute Gasteiger partial charge is 0.0962 e. The lowest BCUT2D eigenvalue weighted by Gasteiger charge is -2.23. The van der Waals surface area contributed by atoms with Crippen molar-refractivity contribution in [3.05, 3.63) is 65.7 Å². The predicted molar refractivity (Wildman–Crippen MR) is 79.1 cm³/mol. The molecular weight excluding hydrogens is 256 g/mol. The van der Waals surface area contributed by atoms with Crippen molar-refractivity contribution in [2.75, 3.05) is 5.75 Å². The zero-order valence-corrected chi connectivity index (χ0v) is 11.7. The van der Waals surface area contributed by atoms with Gasteiger partial charge in [0.05, 0.1) is 12.2 Å². The van der Waals surface area contributed by atoms with Gasteiger partial charge < -0.3 is 10.2 Å². The molecule has 2 rings (SSSR count). The molecule has 2 aromatic rings. The molecule has 0 aliphatic rings. The molecule has 2 nitrogen and oxygen atoms in total. The van der Waals surface area contributed by atoms with Crippen LogP contribution in [0.3, 0.4) is 0 Å². The van der Waals surface area contributed by atoms with Crippen molar-refractivity contribution < 1.29 is 10.2 Å². The van der Waals surface area contributed by atoms with E-state index in [0.717, 1.165) is 16.0 Å². The van der Waals surface area contributed by atoms with Crippen molar-refractivity contribution in [1.29, 1.82) is 0 Å². The molecule has 3 heteroatoms. The minimum atomic E-state index is -0.846. The molecule has 2 aromatic carbocycles. The van der Waals surface area contributed by atoms with Gasteiger partial charge in [0.15, 0.2) is 0 Å². The maximum absolute atomic E-state index is 10.5. The zero-order chi connectivity index (χ0) is 13.7. The zero-order valence-electron chi connectivity index (χ0n) is 10.9. The Morgan fingerprint density at radius 3 is 2.21 bits per heavy atom. The third-order valence-electron chi connectivity index (χ3n) is 3.02. The predicted octanol–water partition coefficient (Wildman–Crippen LogP) is 3.18. The van der Waals surface area contributed by atoms with E-state index in [9.17, 15) is 5.11 Å². The molecule has 0 aliphatic heterocycles. The molecule has 0 amide bonds. The lowest BCUT2D eigenvalue weighted by molar-refractivity contribution is 0.0839. The van der Waals surface area contributed by atoms with Crippen LogP contribution in [0.2, 0.25) is 0 Å². The highest BCUT2D eigenvalue weighted by atomic mass is 32.2. The molecule has 1 atom stereocenters. The van der Waals surface area contributed by atoms with E-state index in [1.165, 1.54) is 0 Å². The summed E-state index contributed by atoms with van der Waals surface area (Å²) in [7, 11) is 0. The quantitative estimate of drug-likeness (QED) is 0.823. The van der Waals surface area contributed by atoms with Crippen LogP contribution in [-0.4, -0.2) is 16.0 Å². The van der Waals surface area contributed by atoms with Crippen LogP contribution in [0.25, 0.3) is 0 Å². The molecule has 0 spiro atoms. The Balaban J connectivity index is 2.01. The molecule has 0 radical (unpaired) electrons. The summed E-state index contributed by atoms with van der Waals surface area (Å²) < 4.78 is 0. The summed E-state index contributed by atoms with van der Waals surface area (Å²) in [5.41, 5.74) is 0.982. The topological polar surface area (TPSA) is 40.5 Å². The maximum atomic E-state index is 10.5. The van der Waals surface area contributed by atoms with Crippen LogP contribution in [0, 0.1) is 0 Å². The first kappa shape index (κ1) is 14.1. The molecule has 0 aromatic heterocycles. The number of hydrogen-bond donors (Lipinski definition) is 2. The summed E-state index contributed by atoms with van der Waals surface area (Å²) in [6.45, 7) is 1.89. The number of aliphatic hydroxyl groups is 2. The van der Waals surface area contributed by atoms with Gasteiger partial charge in [-0.1, -0.05) is 42.5 Å². The van der Waals surface area contributed by atoms with Crippen molar-refractivity contribution in [3.63, 3.8) is 0 Å². The average Bonchev–Trinajstić information content (AvgIpc) is 2.47.